The first-order valence-electron chi connectivity index (χ1n) is 4.20. The second-order valence-corrected chi connectivity index (χ2v) is 3.27. The quantitative estimate of drug-likeness (QED) is 0.608. The largest absolute Gasteiger partial charge is 0.434 e. The van der Waals surface area contributed by atoms with Crippen LogP contribution in [-0.2, 0) is 0 Å². The molecule has 16 heavy (non-hydrogen) atoms. The van der Waals surface area contributed by atoms with Gasteiger partial charge in [-0.2, -0.15) is 8.78 Å². The normalized spacial score (nSPS) is 10.3. The molecule has 0 aromatic heterocycles. The third kappa shape index (κ3) is 2.55. The molecule has 0 saturated heterocycles. The molecule has 86 valence electrons. The predicted molar refractivity (Wildman–Crippen MR) is 53.5 cm³/mol. The van der Waals surface area contributed by atoms with Gasteiger partial charge in [0.1, 0.15) is 5.75 Å². The molecule has 0 saturated carbocycles. The molecule has 6 heteroatoms. The molecule has 0 heterocycles. The Morgan fingerprint density at radius 3 is 2.56 bits per heavy atom. The number of carbonyl (C=O) groups is 2. The van der Waals surface area contributed by atoms with E-state index in [4.69, 9.17) is 11.6 Å². The summed E-state index contributed by atoms with van der Waals surface area (Å²) in [4.78, 5) is 21.8. The van der Waals surface area contributed by atoms with Gasteiger partial charge in [0.25, 0.3) is 0 Å². The van der Waals surface area contributed by atoms with Gasteiger partial charge in [0.05, 0.1) is 10.6 Å². The van der Waals surface area contributed by atoms with Crippen molar-refractivity contribution < 1.29 is 23.1 Å². The fourth-order valence-electron chi connectivity index (χ4n) is 1.19. The molecule has 0 aliphatic carbocycles. The second-order valence-electron chi connectivity index (χ2n) is 2.89. The first-order valence-corrected chi connectivity index (χ1v) is 4.58. The maximum Gasteiger partial charge on any atom is 0.387 e. The number of carbonyl (C=O) groups excluding carboxylic acids is 2. The number of aldehydes is 1. The summed E-state index contributed by atoms with van der Waals surface area (Å²) in [5, 5.41) is -0.180. The number of hydrogen-bond acceptors (Lipinski definition) is 3. The molecule has 0 aliphatic rings. The van der Waals surface area contributed by atoms with E-state index in [1.165, 1.54) is 6.07 Å². The van der Waals surface area contributed by atoms with E-state index in [1.54, 1.807) is 0 Å². The van der Waals surface area contributed by atoms with Crippen LogP contribution >= 0.6 is 11.6 Å². The zero-order valence-electron chi connectivity index (χ0n) is 8.17. The molecule has 0 N–H and O–H groups in total. The summed E-state index contributed by atoms with van der Waals surface area (Å²) in [6.07, 6.45) is 0.431. The van der Waals surface area contributed by atoms with Crippen LogP contribution in [-0.4, -0.2) is 18.7 Å². The Morgan fingerprint density at radius 1 is 1.50 bits per heavy atom. The van der Waals surface area contributed by atoms with Crippen LogP contribution in [0, 0.1) is 0 Å². The molecule has 0 fully saturated rings. The van der Waals surface area contributed by atoms with Gasteiger partial charge >= 0.3 is 6.61 Å². The fourth-order valence-corrected chi connectivity index (χ4v) is 1.52. The zero-order valence-corrected chi connectivity index (χ0v) is 8.92. The standard InChI is InChI=1S/C10H7ClF2O3/c1-5(15)8-7(16-10(12)13)3-2-6(4-14)9(8)11/h2-4,10H,1H3. The lowest BCUT2D eigenvalue weighted by Gasteiger charge is -2.11. The van der Waals surface area contributed by atoms with Crippen LogP contribution in [0.4, 0.5) is 8.78 Å². The van der Waals surface area contributed by atoms with Gasteiger partial charge in [-0.25, -0.2) is 0 Å². The van der Waals surface area contributed by atoms with E-state index in [2.05, 4.69) is 4.74 Å². The molecule has 1 aromatic carbocycles. The Kier molecular flexibility index (Phi) is 3.95. The van der Waals surface area contributed by atoms with Crippen molar-refractivity contribution in [2.45, 2.75) is 13.5 Å². The highest BCUT2D eigenvalue weighted by Crippen LogP contribution is 2.30. The van der Waals surface area contributed by atoms with Crippen molar-refractivity contribution in [3.63, 3.8) is 0 Å². The molecule has 0 spiro atoms. The highest BCUT2D eigenvalue weighted by Gasteiger charge is 2.18. The lowest BCUT2D eigenvalue weighted by atomic mass is 10.1. The number of ketones is 1. The van der Waals surface area contributed by atoms with E-state index in [0.29, 0.717) is 6.29 Å². The summed E-state index contributed by atoms with van der Waals surface area (Å²) >= 11 is 5.72. The minimum atomic E-state index is -3.06. The third-order valence-electron chi connectivity index (χ3n) is 1.83. The van der Waals surface area contributed by atoms with Crippen LogP contribution in [0.1, 0.15) is 27.6 Å². The van der Waals surface area contributed by atoms with Crippen molar-refractivity contribution in [3.8, 4) is 5.75 Å². The van der Waals surface area contributed by atoms with Crippen LogP contribution in [0.3, 0.4) is 0 Å². The summed E-state index contributed by atoms with van der Waals surface area (Å²) in [5.74, 6) is -0.887. The first kappa shape index (κ1) is 12.6. The number of alkyl halides is 2. The molecular weight excluding hydrogens is 242 g/mol. The Hall–Kier alpha value is -1.49. The van der Waals surface area contributed by atoms with Crippen molar-refractivity contribution in [3.05, 3.63) is 28.3 Å². The fraction of sp³-hybridized carbons (Fsp3) is 0.200. The molecule has 0 unspecified atom stereocenters. The highest BCUT2D eigenvalue weighted by molar-refractivity contribution is 6.36. The van der Waals surface area contributed by atoms with Crippen LogP contribution in [0.25, 0.3) is 0 Å². The van der Waals surface area contributed by atoms with Gasteiger partial charge in [-0.1, -0.05) is 11.6 Å². The summed E-state index contributed by atoms with van der Waals surface area (Å²) in [7, 11) is 0. The lowest BCUT2D eigenvalue weighted by Crippen LogP contribution is -2.08. The summed E-state index contributed by atoms with van der Waals surface area (Å²) in [5.41, 5.74) is -0.167. The zero-order chi connectivity index (χ0) is 12.3. The summed E-state index contributed by atoms with van der Waals surface area (Å²) in [6.45, 7) is -1.91. The van der Waals surface area contributed by atoms with Crippen LogP contribution in [0.2, 0.25) is 5.02 Å². The number of rotatable bonds is 4. The van der Waals surface area contributed by atoms with E-state index >= 15 is 0 Å². The molecule has 0 radical (unpaired) electrons. The lowest BCUT2D eigenvalue weighted by molar-refractivity contribution is -0.0501. The second kappa shape index (κ2) is 5.03. The van der Waals surface area contributed by atoms with Gasteiger partial charge in [0, 0.05) is 5.56 Å². The predicted octanol–water partition coefficient (Wildman–Crippen LogP) is 2.96. The average molecular weight is 249 g/mol. The SMILES string of the molecule is CC(=O)c1c(OC(F)F)ccc(C=O)c1Cl. The van der Waals surface area contributed by atoms with E-state index in [1.807, 2.05) is 0 Å². The van der Waals surface area contributed by atoms with Crippen LogP contribution in [0.5, 0.6) is 5.75 Å². The van der Waals surface area contributed by atoms with Crippen molar-refractivity contribution >= 4 is 23.7 Å². The molecule has 0 aliphatic heterocycles. The maximum absolute atomic E-state index is 12.0. The van der Waals surface area contributed by atoms with Gasteiger partial charge in [-0.15, -0.1) is 0 Å². The summed E-state index contributed by atoms with van der Waals surface area (Å²) < 4.78 is 28.2. The number of Topliss-reactive ketones (excluding diaryl/α,β-unsaturated/α-hetero) is 1. The molecule has 1 aromatic rings. The van der Waals surface area contributed by atoms with Gasteiger partial charge in [-0.05, 0) is 19.1 Å². The Morgan fingerprint density at radius 2 is 2.12 bits per heavy atom. The smallest absolute Gasteiger partial charge is 0.387 e. The molecule has 0 amide bonds. The number of hydrogen-bond donors (Lipinski definition) is 0. The average Bonchev–Trinajstić information content (AvgIpc) is 2.16. The van der Waals surface area contributed by atoms with Crippen molar-refractivity contribution in [2.24, 2.45) is 0 Å². The minimum absolute atomic E-state index is 0.0495. The van der Waals surface area contributed by atoms with E-state index in [0.717, 1.165) is 13.0 Å². The van der Waals surface area contributed by atoms with E-state index in [-0.39, 0.29) is 21.9 Å². The highest BCUT2D eigenvalue weighted by atomic mass is 35.5. The molecule has 0 atom stereocenters. The van der Waals surface area contributed by atoms with Crippen molar-refractivity contribution in [1.82, 2.24) is 0 Å². The van der Waals surface area contributed by atoms with Gasteiger partial charge in [-0.3, -0.25) is 9.59 Å². The topological polar surface area (TPSA) is 43.4 Å². The van der Waals surface area contributed by atoms with E-state index in [9.17, 15) is 18.4 Å². The van der Waals surface area contributed by atoms with Gasteiger partial charge in [0.15, 0.2) is 12.1 Å². The van der Waals surface area contributed by atoms with Gasteiger partial charge < -0.3 is 4.74 Å². The van der Waals surface area contributed by atoms with Gasteiger partial charge in [0.2, 0.25) is 0 Å². The van der Waals surface area contributed by atoms with Crippen LogP contribution < -0.4 is 4.74 Å². The Labute approximate surface area is 95.0 Å². The van der Waals surface area contributed by atoms with Crippen molar-refractivity contribution in [2.75, 3.05) is 0 Å². The molecule has 1 rings (SSSR count). The monoisotopic (exact) mass is 248 g/mol. The van der Waals surface area contributed by atoms with Crippen LogP contribution in [0.15, 0.2) is 12.1 Å². The Balaban J connectivity index is 3.34. The number of halogens is 3. The summed E-state index contributed by atoms with van der Waals surface area (Å²) in [6, 6.07) is 2.32. The minimum Gasteiger partial charge on any atom is -0.434 e. The maximum atomic E-state index is 12.0. The number of ether oxygens (including phenoxy) is 1. The first-order chi connectivity index (χ1) is 7.47. The molecular formula is C10H7ClF2O3. The molecule has 3 nitrogen and oxygen atoms in total. The third-order valence-corrected chi connectivity index (χ3v) is 2.24. The van der Waals surface area contributed by atoms with E-state index < -0.39 is 12.4 Å². The number of benzene rings is 1. The Bertz CT molecular complexity index is 432. The molecule has 0 bridgehead atoms. The van der Waals surface area contributed by atoms with Crippen molar-refractivity contribution in [1.29, 1.82) is 0 Å².